The van der Waals surface area contributed by atoms with E-state index in [9.17, 15) is 8.42 Å². The first-order valence-electron chi connectivity index (χ1n) is 6.53. The number of oxazole rings is 1. The maximum absolute atomic E-state index is 11.5. The second-order valence-corrected chi connectivity index (χ2v) is 8.57. The van der Waals surface area contributed by atoms with E-state index >= 15 is 0 Å². The molecule has 1 atom stereocenters. The van der Waals surface area contributed by atoms with Crippen molar-refractivity contribution in [2.75, 3.05) is 18.6 Å². The first-order valence-corrected chi connectivity index (χ1v) is 8.35. The van der Waals surface area contributed by atoms with E-state index in [0.29, 0.717) is 24.6 Å². The van der Waals surface area contributed by atoms with E-state index in [2.05, 4.69) is 25.8 Å². The maximum atomic E-state index is 11.5. The Hall–Kier alpha value is -0.880. The monoisotopic (exact) mass is 286 g/mol. The second-order valence-electron chi connectivity index (χ2n) is 6.34. The highest BCUT2D eigenvalue weighted by Gasteiger charge is 2.31. The van der Waals surface area contributed by atoms with E-state index in [1.165, 1.54) is 0 Å². The molecule has 1 fully saturated rings. The van der Waals surface area contributed by atoms with E-state index in [1.54, 1.807) is 6.20 Å². The van der Waals surface area contributed by atoms with Gasteiger partial charge in [-0.2, -0.15) is 0 Å². The minimum absolute atomic E-state index is 0.0550. The predicted octanol–water partition coefficient (Wildman–Crippen LogP) is 1.59. The molecule has 0 radical (unpaired) electrons. The van der Waals surface area contributed by atoms with Gasteiger partial charge in [0, 0.05) is 11.5 Å². The Morgan fingerprint density at radius 3 is 2.63 bits per heavy atom. The van der Waals surface area contributed by atoms with Crippen LogP contribution in [0.5, 0.6) is 0 Å². The van der Waals surface area contributed by atoms with Crippen LogP contribution in [0.15, 0.2) is 10.6 Å². The molecule has 0 bridgehead atoms. The molecule has 5 nitrogen and oxygen atoms in total. The summed E-state index contributed by atoms with van der Waals surface area (Å²) in [4.78, 5) is 6.29. The lowest BCUT2D eigenvalue weighted by Crippen LogP contribution is -2.32. The predicted molar refractivity (Wildman–Crippen MR) is 73.7 cm³/mol. The van der Waals surface area contributed by atoms with Crippen molar-refractivity contribution in [1.82, 2.24) is 9.88 Å². The van der Waals surface area contributed by atoms with Crippen LogP contribution in [0, 0.1) is 0 Å². The standard InChI is InChI=1S/C13H22N2O3S/c1-13(2,3)11-7-14-12(18-11)8-15(4)10-5-6-19(16,17)9-10/h7,10H,5-6,8-9H2,1-4H3/t10-/m1/s1. The Kier molecular flexibility index (Phi) is 3.75. The summed E-state index contributed by atoms with van der Waals surface area (Å²) in [5.41, 5.74) is -0.0550. The van der Waals surface area contributed by atoms with Crippen LogP contribution in [0.4, 0.5) is 0 Å². The van der Waals surface area contributed by atoms with Gasteiger partial charge in [0.15, 0.2) is 9.84 Å². The highest BCUT2D eigenvalue weighted by Crippen LogP contribution is 2.24. The average Bonchev–Trinajstić information content (AvgIpc) is 2.83. The summed E-state index contributed by atoms with van der Waals surface area (Å²) in [7, 11) is -0.920. The molecule has 0 saturated carbocycles. The highest BCUT2D eigenvalue weighted by molar-refractivity contribution is 7.91. The molecule has 6 heteroatoms. The third-order valence-electron chi connectivity index (χ3n) is 3.51. The summed E-state index contributed by atoms with van der Waals surface area (Å²) >= 11 is 0. The number of hydrogen-bond donors (Lipinski definition) is 0. The Morgan fingerprint density at radius 2 is 2.16 bits per heavy atom. The lowest BCUT2D eigenvalue weighted by molar-refractivity contribution is 0.223. The van der Waals surface area contributed by atoms with Gasteiger partial charge in [-0.25, -0.2) is 13.4 Å². The zero-order chi connectivity index (χ0) is 14.3. The van der Waals surface area contributed by atoms with Crippen molar-refractivity contribution < 1.29 is 12.8 Å². The van der Waals surface area contributed by atoms with Crippen molar-refractivity contribution >= 4 is 9.84 Å². The fourth-order valence-electron chi connectivity index (χ4n) is 2.20. The first kappa shape index (κ1) is 14.5. The van der Waals surface area contributed by atoms with E-state index in [4.69, 9.17) is 4.42 Å². The van der Waals surface area contributed by atoms with Crippen LogP contribution in [-0.4, -0.2) is 42.9 Å². The Balaban J connectivity index is 2.00. The van der Waals surface area contributed by atoms with Crippen molar-refractivity contribution in [1.29, 1.82) is 0 Å². The molecule has 0 aliphatic carbocycles. The Morgan fingerprint density at radius 1 is 1.47 bits per heavy atom. The number of sulfone groups is 1. The van der Waals surface area contributed by atoms with Crippen LogP contribution < -0.4 is 0 Å². The van der Waals surface area contributed by atoms with Gasteiger partial charge < -0.3 is 4.42 Å². The molecule has 0 unspecified atom stereocenters. The largest absolute Gasteiger partial charge is 0.444 e. The fraction of sp³-hybridized carbons (Fsp3) is 0.769. The summed E-state index contributed by atoms with van der Waals surface area (Å²) in [5, 5.41) is 0. The van der Waals surface area contributed by atoms with Crippen LogP contribution in [0.1, 0.15) is 38.8 Å². The minimum atomic E-state index is -2.84. The smallest absolute Gasteiger partial charge is 0.208 e. The zero-order valence-corrected chi connectivity index (χ0v) is 12.8. The highest BCUT2D eigenvalue weighted by atomic mass is 32.2. The van der Waals surface area contributed by atoms with Crippen LogP contribution in [0.3, 0.4) is 0 Å². The quantitative estimate of drug-likeness (QED) is 0.844. The maximum Gasteiger partial charge on any atom is 0.208 e. The fourth-order valence-corrected chi connectivity index (χ4v) is 4.00. The number of nitrogens with zero attached hydrogens (tertiary/aromatic N) is 2. The van der Waals surface area contributed by atoms with E-state index < -0.39 is 9.84 Å². The molecule has 0 spiro atoms. The summed E-state index contributed by atoms with van der Waals surface area (Å²) in [6, 6.07) is 0.0787. The van der Waals surface area contributed by atoms with Gasteiger partial charge in [0.05, 0.1) is 24.2 Å². The minimum Gasteiger partial charge on any atom is -0.444 e. The van der Waals surface area contributed by atoms with Gasteiger partial charge in [-0.3, -0.25) is 4.90 Å². The van der Waals surface area contributed by atoms with Gasteiger partial charge in [-0.05, 0) is 13.5 Å². The van der Waals surface area contributed by atoms with Gasteiger partial charge >= 0.3 is 0 Å². The van der Waals surface area contributed by atoms with Gasteiger partial charge in [0.25, 0.3) is 0 Å². The summed E-state index contributed by atoms with van der Waals surface area (Å²) in [6.07, 6.45) is 2.46. The Labute approximate surface area is 114 Å². The van der Waals surface area contributed by atoms with Crippen molar-refractivity contribution in [3.63, 3.8) is 0 Å². The number of aromatic nitrogens is 1. The van der Waals surface area contributed by atoms with Gasteiger partial charge in [-0.1, -0.05) is 20.8 Å². The molecule has 1 saturated heterocycles. The van der Waals surface area contributed by atoms with E-state index in [-0.39, 0.29) is 17.2 Å². The van der Waals surface area contributed by atoms with E-state index in [0.717, 1.165) is 5.76 Å². The molecule has 1 aliphatic heterocycles. The zero-order valence-electron chi connectivity index (χ0n) is 12.0. The van der Waals surface area contributed by atoms with Crippen LogP contribution in [0.2, 0.25) is 0 Å². The Bertz CT molecular complexity index is 542. The molecule has 108 valence electrons. The van der Waals surface area contributed by atoms with Crippen molar-refractivity contribution in [2.24, 2.45) is 0 Å². The molecule has 0 amide bonds. The second kappa shape index (κ2) is 4.90. The molecule has 2 rings (SSSR count). The van der Waals surface area contributed by atoms with Crippen LogP contribution in [-0.2, 0) is 21.8 Å². The topological polar surface area (TPSA) is 63.4 Å². The third kappa shape index (κ3) is 3.57. The molecular weight excluding hydrogens is 264 g/mol. The van der Waals surface area contributed by atoms with Crippen molar-refractivity contribution in [3.8, 4) is 0 Å². The first-order chi connectivity index (χ1) is 8.67. The summed E-state index contributed by atoms with van der Waals surface area (Å²) in [6.45, 7) is 6.77. The number of rotatable bonds is 3. The lowest BCUT2D eigenvalue weighted by Gasteiger charge is -2.21. The number of hydrogen-bond acceptors (Lipinski definition) is 5. The third-order valence-corrected chi connectivity index (χ3v) is 5.26. The molecule has 0 aromatic carbocycles. The molecule has 19 heavy (non-hydrogen) atoms. The average molecular weight is 286 g/mol. The molecule has 1 aromatic rings. The van der Waals surface area contributed by atoms with Gasteiger partial charge in [0.1, 0.15) is 5.76 Å². The van der Waals surface area contributed by atoms with Gasteiger partial charge in [0.2, 0.25) is 5.89 Å². The molecular formula is C13H22N2O3S. The van der Waals surface area contributed by atoms with Crippen molar-refractivity contribution in [2.45, 2.75) is 45.2 Å². The lowest BCUT2D eigenvalue weighted by atomic mass is 9.94. The van der Waals surface area contributed by atoms with Crippen LogP contribution >= 0.6 is 0 Å². The van der Waals surface area contributed by atoms with Crippen LogP contribution in [0.25, 0.3) is 0 Å². The molecule has 1 aliphatic rings. The normalized spacial score (nSPS) is 23.1. The molecule has 2 heterocycles. The van der Waals surface area contributed by atoms with Crippen molar-refractivity contribution in [3.05, 3.63) is 17.8 Å². The SMILES string of the molecule is CN(Cc1ncc(C(C)(C)C)o1)[C@@H]1CCS(=O)(=O)C1. The van der Waals surface area contributed by atoms with Gasteiger partial charge in [-0.15, -0.1) is 0 Å². The summed E-state index contributed by atoms with van der Waals surface area (Å²) < 4.78 is 28.7. The molecule has 1 aromatic heterocycles. The molecule has 0 N–H and O–H groups in total. The van der Waals surface area contributed by atoms with E-state index in [1.807, 2.05) is 11.9 Å². The summed E-state index contributed by atoms with van der Waals surface area (Å²) in [5.74, 6) is 2.05.